The summed E-state index contributed by atoms with van der Waals surface area (Å²) in [5, 5.41) is 4.91. The van der Waals surface area contributed by atoms with Gasteiger partial charge in [-0.1, -0.05) is 18.2 Å². The third-order valence-corrected chi connectivity index (χ3v) is 7.45. The van der Waals surface area contributed by atoms with Gasteiger partial charge in [0, 0.05) is 22.2 Å². The monoisotopic (exact) mass is 409 g/mol. The summed E-state index contributed by atoms with van der Waals surface area (Å²) in [5.74, 6) is -0.521. The van der Waals surface area contributed by atoms with E-state index in [9.17, 15) is 14.4 Å². The molecule has 1 N–H and O–H groups in total. The molecule has 1 saturated heterocycles. The van der Waals surface area contributed by atoms with E-state index in [0.717, 1.165) is 45.9 Å². The highest BCUT2D eigenvalue weighted by Gasteiger charge is 2.56. The number of urea groups is 1. The fourth-order valence-electron chi connectivity index (χ4n) is 5.07. The second-order valence-corrected chi connectivity index (χ2v) is 9.19. The molecule has 1 spiro atoms. The van der Waals surface area contributed by atoms with Crippen molar-refractivity contribution in [1.29, 1.82) is 0 Å². The summed E-state index contributed by atoms with van der Waals surface area (Å²) in [4.78, 5) is 43.9. The van der Waals surface area contributed by atoms with Gasteiger partial charge in [-0.3, -0.25) is 9.59 Å². The molecule has 1 aliphatic carbocycles. The van der Waals surface area contributed by atoms with Crippen molar-refractivity contribution in [1.82, 2.24) is 10.2 Å². The molecule has 3 aliphatic rings. The molecule has 3 atom stereocenters. The van der Waals surface area contributed by atoms with Crippen LogP contribution in [0.5, 0.6) is 0 Å². The lowest BCUT2D eigenvalue weighted by Gasteiger charge is -2.33. The van der Waals surface area contributed by atoms with Crippen molar-refractivity contribution >= 4 is 34.9 Å². The minimum atomic E-state index is -1.02. The first-order chi connectivity index (χ1) is 13.9. The molecule has 0 unspecified atom stereocenters. The normalized spacial score (nSPS) is 26.5. The Hall–Kier alpha value is -2.67. The maximum Gasteiger partial charge on any atom is 0.326 e. The average molecular weight is 410 g/mol. The van der Waals surface area contributed by atoms with Gasteiger partial charge < -0.3 is 10.2 Å². The molecule has 0 saturated carbocycles. The summed E-state index contributed by atoms with van der Waals surface area (Å²) >= 11 is 1.62. The van der Waals surface area contributed by atoms with Gasteiger partial charge in [0.25, 0.3) is 5.91 Å². The molecule has 6 nitrogen and oxygen atoms in total. The van der Waals surface area contributed by atoms with Crippen molar-refractivity contribution in [3.63, 3.8) is 0 Å². The lowest BCUT2D eigenvalue weighted by molar-refractivity contribution is -0.137. The zero-order valence-electron chi connectivity index (χ0n) is 16.5. The highest BCUT2D eigenvalue weighted by Crippen LogP contribution is 2.43. The molecular weight excluding hydrogens is 386 g/mol. The van der Waals surface area contributed by atoms with Crippen LogP contribution in [0.2, 0.25) is 0 Å². The molecule has 4 amide bonds. The first-order valence-corrected chi connectivity index (χ1v) is 11.0. The number of hydrogen-bond acceptors (Lipinski definition) is 4. The van der Waals surface area contributed by atoms with Crippen molar-refractivity contribution in [2.24, 2.45) is 0 Å². The van der Waals surface area contributed by atoms with E-state index in [1.807, 2.05) is 42.6 Å². The summed E-state index contributed by atoms with van der Waals surface area (Å²) in [6, 6.07) is 8.41. The van der Waals surface area contributed by atoms with E-state index in [4.69, 9.17) is 0 Å². The third-order valence-electron chi connectivity index (χ3n) is 6.47. The number of aryl methyl sites for hydroxylation is 1. The Morgan fingerprint density at radius 1 is 1.28 bits per heavy atom. The Morgan fingerprint density at radius 3 is 2.90 bits per heavy atom. The zero-order chi connectivity index (χ0) is 20.3. The second-order valence-electron chi connectivity index (χ2n) is 8.19. The van der Waals surface area contributed by atoms with Gasteiger partial charge >= 0.3 is 6.03 Å². The minimum absolute atomic E-state index is 0.00441. The summed E-state index contributed by atoms with van der Waals surface area (Å²) in [7, 11) is 0. The average Bonchev–Trinajstić information content (AvgIpc) is 3.37. The molecular formula is C22H23N3O3S. The van der Waals surface area contributed by atoms with Crippen molar-refractivity contribution in [2.45, 2.75) is 57.2 Å². The van der Waals surface area contributed by atoms with Crippen molar-refractivity contribution in [2.75, 3.05) is 4.90 Å². The third kappa shape index (κ3) is 2.50. The van der Waals surface area contributed by atoms with Crippen LogP contribution in [0.15, 0.2) is 35.7 Å². The van der Waals surface area contributed by atoms with Crippen LogP contribution in [0.25, 0.3) is 0 Å². The Balaban J connectivity index is 1.47. The van der Waals surface area contributed by atoms with Gasteiger partial charge in [-0.2, -0.15) is 0 Å². The number of para-hydroxylation sites is 1. The smallest absolute Gasteiger partial charge is 0.319 e. The number of imide groups is 1. The first kappa shape index (κ1) is 18.4. The Labute approximate surface area is 173 Å². The summed E-state index contributed by atoms with van der Waals surface area (Å²) in [5.41, 5.74) is 1.86. The molecule has 2 aliphatic heterocycles. The number of fused-ring (bicyclic) bond motifs is 3. The van der Waals surface area contributed by atoms with Gasteiger partial charge in [0.05, 0.1) is 0 Å². The highest BCUT2D eigenvalue weighted by molar-refractivity contribution is 7.10. The number of nitrogens with one attached hydrogen (secondary N) is 1. The van der Waals surface area contributed by atoms with Crippen molar-refractivity contribution in [3.8, 4) is 0 Å². The molecule has 3 heterocycles. The van der Waals surface area contributed by atoms with E-state index in [-0.39, 0.29) is 17.9 Å². The lowest BCUT2D eigenvalue weighted by atomic mass is 9.80. The Kier molecular flexibility index (Phi) is 4.07. The van der Waals surface area contributed by atoms with Gasteiger partial charge in [0.2, 0.25) is 5.91 Å². The molecule has 7 heteroatoms. The first-order valence-electron chi connectivity index (χ1n) is 10.1. The maximum absolute atomic E-state index is 13.5. The van der Waals surface area contributed by atoms with Crippen LogP contribution in [0.3, 0.4) is 0 Å². The molecule has 150 valence electrons. The summed E-state index contributed by atoms with van der Waals surface area (Å²) in [6.45, 7) is 3.65. The van der Waals surface area contributed by atoms with E-state index in [0.29, 0.717) is 6.42 Å². The topological polar surface area (TPSA) is 69.7 Å². The molecule has 1 fully saturated rings. The number of carbonyl (C=O) groups is 3. The second kappa shape index (κ2) is 6.42. The minimum Gasteiger partial charge on any atom is -0.319 e. The van der Waals surface area contributed by atoms with Gasteiger partial charge in [-0.05, 0) is 62.6 Å². The SMILES string of the molecule is C[C@@H]1Cc2ccccc2N1C(=O)[C@H](C)N1C(=O)N[C@]2(CCCc3sccc32)C1=O. The molecule has 1 aromatic heterocycles. The number of carbonyl (C=O) groups excluding carboxylic acids is 3. The highest BCUT2D eigenvalue weighted by atomic mass is 32.1. The quantitative estimate of drug-likeness (QED) is 0.775. The number of benzene rings is 1. The van der Waals surface area contributed by atoms with E-state index >= 15 is 0 Å². The number of nitrogens with zero attached hydrogens (tertiary/aromatic N) is 2. The zero-order valence-corrected chi connectivity index (χ0v) is 17.3. The lowest BCUT2D eigenvalue weighted by Crippen LogP contribution is -2.52. The van der Waals surface area contributed by atoms with Crippen LogP contribution in [0.1, 0.15) is 42.7 Å². The van der Waals surface area contributed by atoms with Crippen molar-refractivity contribution < 1.29 is 14.4 Å². The van der Waals surface area contributed by atoms with Crippen LogP contribution in [-0.4, -0.2) is 34.8 Å². The molecule has 0 radical (unpaired) electrons. The molecule has 1 aromatic carbocycles. The van der Waals surface area contributed by atoms with Crippen LogP contribution < -0.4 is 10.2 Å². The fraction of sp³-hybridized carbons (Fsp3) is 0.409. The standard InChI is InChI=1S/C22H23N3O3S/c1-13-12-15-6-3-4-7-17(15)24(13)19(26)14(2)25-20(27)22(23-21(25)28)10-5-8-18-16(22)9-11-29-18/h3-4,6-7,9,11,13-14H,5,8,10,12H2,1-2H3,(H,23,28)/t13-,14+,22+/m1/s1. The number of amides is 4. The summed E-state index contributed by atoms with van der Waals surface area (Å²) in [6.07, 6.45) is 3.11. The van der Waals surface area contributed by atoms with Crippen LogP contribution in [-0.2, 0) is 28.0 Å². The van der Waals surface area contributed by atoms with Crippen molar-refractivity contribution in [3.05, 3.63) is 51.7 Å². The van der Waals surface area contributed by atoms with Gasteiger partial charge in [0.15, 0.2) is 0 Å². The number of anilines is 1. The molecule has 2 aromatic rings. The largest absolute Gasteiger partial charge is 0.326 e. The number of hydrogen-bond donors (Lipinski definition) is 1. The summed E-state index contributed by atoms with van der Waals surface area (Å²) < 4.78 is 0. The predicted molar refractivity (Wildman–Crippen MR) is 111 cm³/mol. The van der Waals surface area contributed by atoms with Crippen LogP contribution >= 0.6 is 11.3 Å². The molecule has 29 heavy (non-hydrogen) atoms. The number of rotatable bonds is 2. The van der Waals surface area contributed by atoms with Crippen LogP contribution in [0.4, 0.5) is 10.5 Å². The number of thiophene rings is 1. The Morgan fingerprint density at radius 2 is 2.07 bits per heavy atom. The van der Waals surface area contributed by atoms with E-state index < -0.39 is 17.6 Å². The Bertz CT molecular complexity index is 1030. The maximum atomic E-state index is 13.5. The van der Waals surface area contributed by atoms with E-state index in [1.165, 1.54) is 0 Å². The van der Waals surface area contributed by atoms with E-state index in [2.05, 4.69) is 5.32 Å². The van der Waals surface area contributed by atoms with Gasteiger partial charge in [0.1, 0.15) is 11.6 Å². The fourth-order valence-corrected chi connectivity index (χ4v) is 6.07. The molecule has 5 rings (SSSR count). The van der Waals surface area contributed by atoms with E-state index in [1.54, 1.807) is 23.2 Å². The molecule has 0 bridgehead atoms. The van der Waals surface area contributed by atoms with Gasteiger partial charge in [-0.15, -0.1) is 11.3 Å². The predicted octanol–water partition coefficient (Wildman–Crippen LogP) is 3.20. The van der Waals surface area contributed by atoms with Gasteiger partial charge in [-0.25, -0.2) is 9.69 Å². The van der Waals surface area contributed by atoms with Crippen LogP contribution in [0, 0.1) is 0 Å².